The Bertz CT molecular complexity index is 1430. The van der Waals surface area contributed by atoms with Crippen molar-refractivity contribution >= 4 is 50.6 Å². The maximum absolute atomic E-state index is 13.1. The van der Waals surface area contributed by atoms with Gasteiger partial charge in [-0.25, -0.2) is 4.79 Å². The second kappa shape index (κ2) is 10.8. The molecule has 0 aliphatic heterocycles. The summed E-state index contributed by atoms with van der Waals surface area (Å²) in [6.45, 7) is 4.34. The molecule has 0 atom stereocenters. The molecule has 1 aliphatic rings. The third-order valence-corrected chi connectivity index (χ3v) is 8.19. The van der Waals surface area contributed by atoms with E-state index in [0.29, 0.717) is 11.5 Å². The van der Waals surface area contributed by atoms with Crippen molar-refractivity contribution in [2.24, 2.45) is 11.1 Å². The molecule has 5 rings (SSSR count). The lowest BCUT2D eigenvalue weighted by molar-refractivity contribution is -0.140. The molecule has 1 fully saturated rings. The standard InChI is InChI=1S/C30H32N2O3S/c1-3-32-27-15-12-22(26(31-35-20(2)33)14-11-21-8-5-4-6-9-21)18-24(27)25-19-23(13-16-28(25)32)30(34)29-10-7-17-36-29/h7,10,12-13,15-19,21H,3-6,8-9,11,14H2,1-2H3/b31-26+. The molecular formula is C30H32N2O3S. The van der Waals surface area contributed by atoms with Crippen molar-refractivity contribution < 1.29 is 14.4 Å². The zero-order valence-electron chi connectivity index (χ0n) is 21.0. The maximum atomic E-state index is 13.1. The summed E-state index contributed by atoms with van der Waals surface area (Å²) < 4.78 is 2.28. The third-order valence-electron chi connectivity index (χ3n) is 7.32. The molecular weight excluding hydrogens is 468 g/mol. The Labute approximate surface area is 215 Å². The van der Waals surface area contributed by atoms with Gasteiger partial charge in [0.1, 0.15) is 0 Å². The first-order valence-corrected chi connectivity index (χ1v) is 13.8. The highest BCUT2D eigenvalue weighted by molar-refractivity contribution is 7.12. The van der Waals surface area contributed by atoms with Crippen LogP contribution >= 0.6 is 11.3 Å². The second-order valence-corrected chi connectivity index (χ2v) is 10.6. The molecule has 36 heavy (non-hydrogen) atoms. The van der Waals surface area contributed by atoms with Crippen LogP contribution in [0.15, 0.2) is 59.1 Å². The number of benzene rings is 2. The SMILES string of the molecule is CCn1c2ccc(C(=O)c3cccs3)cc2c2cc(/C(CCC3CCCCC3)=N/OC(C)=O)ccc21. The van der Waals surface area contributed by atoms with Crippen molar-refractivity contribution in [3.8, 4) is 0 Å². The molecule has 2 heterocycles. The second-order valence-electron chi connectivity index (χ2n) is 9.68. The number of carbonyl (C=O) groups excluding carboxylic acids is 2. The van der Waals surface area contributed by atoms with Gasteiger partial charge in [0.25, 0.3) is 0 Å². The molecule has 0 radical (unpaired) electrons. The Morgan fingerprint density at radius 2 is 1.69 bits per heavy atom. The van der Waals surface area contributed by atoms with Gasteiger partial charge in [-0.1, -0.05) is 49.4 Å². The topological polar surface area (TPSA) is 60.7 Å². The van der Waals surface area contributed by atoms with Crippen molar-refractivity contribution in [2.45, 2.75) is 65.3 Å². The van der Waals surface area contributed by atoms with E-state index in [1.807, 2.05) is 29.6 Å². The lowest BCUT2D eigenvalue weighted by Crippen LogP contribution is -2.11. The van der Waals surface area contributed by atoms with Crippen LogP contribution in [0.4, 0.5) is 0 Å². The van der Waals surface area contributed by atoms with Gasteiger partial charge in [-0.3, -0.25) is 4.79 Å². The largest absolute Gasteiger partial charge is 0.341 e. The number of rotatable bonds is 8. The van der Waals surface area contributed by atoms with Gasteiger partial charge >= 0.3 is 5.97 Å². The van der Waals surface area contributed by atoms with Crippen LogP contribution in [0.5, 0.6) is 0 Å². The van der Waals surface area contributed by atoms with Gasteiger partial charge in [-0.15, -0.1) is 11.3 Å². The molecule has 2 aromatic heterocycles. The Hall–Kier alpha value is -3.25. The number of fused-ring (bicyclic) bond motifs is 3. The predicted molar refractivity (Wildman–Crippen MR) is 147 cm³/mol. The van der Waals surface area contributed by atoms with Crippen molar-refractivity contribution in [1.82, 2.24) is 4.57 Å². The molecule has 4 aromatic rings. The van der Waals surface area contributed by atoms with E-state index in [2.05, 4.69) is 40.9 Å². The third kappa shape index (κ3) is 5.00. The lowest BCUT2D eigenvalue weighted by atomic mass is 9.85. The van der Waals surface area contributed by atoms with Crippen LogP contribution in [0.1, 0.15) is 79.6 Å². The van der Waals surface area contributed by atoms with Crippen LogP contribution in [0.25, 0.3) is 21.8 Å². The van der Waals surface area contributed by atoms with Crippen molar-refractivity contribution in [3.05, 3.63) is 69.9 Å². The number of ketones is 1. The van der Waals surface area contributed by atoms with Crippen LogP contribution in [-0.4, -0.2) is 22.0 Å². The predicted octanol–water partition coefficient (Wildman–Crippen LogP) is 7.73. The van der Waals surface area contributed by atoms with Gasteiger partial charge in [-0.2, -0.15) is 0 Å². The highest BCUT2D eigenvalue weighted by atomic mass is 32.1. The van der Waals surface area contributed by atoms with E-state index in [1.54, 1.807) is 0 Å². The number of nitrogens with zero attached hydrogens (tertiary/aromatic N) is 2. The minimum absolute atomic E-state index is 0.0463. The van der Waals surface area contributed by atoms with E-state index in [1.165, 1.54) is 50.4 Å². The number of thiophene rings is 1. The Morgan fingerprint density at radius 3 is 2.33 bits per heavy atom. The number of oxime groups is 1. The summed E-state index contributed by atoms with van der Waals surface area (Å²) >= 11 is 1.46. The van der Waals surface area contributed by atoms with Crippen molar-refractivity contribution in [3.63, 3.8) is 0 Å². The van der Waals surface area contributed by atoms with Gasteiger partial charge in [0, 0.05) is 46.4 Å². The average Bonchev–Trinajstić information content (AvgIpc) is 3.54. The van der Waals surface area contributed by atoms with E-state index < -0.39 is 5.97 Å². The Morgan fingerprint density at radius 1 is 1.00 bits per heavy atom. The number of hydrogen-bond acceptors (Lipinski definition) is 5. The Kier molecular flexibility index (Phi) is 7.33. The molecule has 0 N–H and O–H groups in total. The van der Waals surface area contributed by atoms with Gasteiger partial charge in [0.05, 0.1) is 10.6 Å². The van der Waals surface area contributed by atoms with Crippen LogP contribution in [0.2, 0.25) is 0 Å². The smallest absolute Gasteiger partial charge is 0.331 e. The van der Waals surface area contributed by atoms with E-state index >= 15 is 0 Å². The molecule has 0 amide bonds. The maximum Gasteiger partial charge on any atom is 0.331 e. The Balaban J connectivity index is 1.56. The first-order valence-electron chi connectivity index (χ1n) is 12.9. The first kappa shape index (κ1) is 24.4. The quantitative estimate of drug-likeness (QED) is 0.108. The van der Waals surface area contributed by atoms with E-state index in [4.69, 9.17) is 4.84 Å². The van der Waals surface area contributed by atoms with Crippen LogP contribution in [0.3, 0.4) is 0 Å². The molecule has 0 spiro atoms. The number of carbonyl (C=O) groups is 2. The fourth-order valence-electron chi connectivity index (χ4n) is 5.49. The molecule has 6 heteroatoms. The van der Waals surface area contributed by atoms with Gasteiger partial charge in [0.2, 0.25) is 5.78 Å². The summed E-state index contributed by atoms with van der Waals surface area (Å²) in [4.78, 5) is 30.5. The van der Waals surface area contributed by atoms with Crippen LogP contribution < -0.4 is 0 Å². The minimum Gasteiger partial charge on any atom is -0.341 e. The number of aromatic nitrogens is 1. The van der Waals surface area contributed by atoms with E-state index in [-0.39, 0.29) is 5.78 Å². The summed E-state index contributed by atoms with van der Waals surface area (Å²) in [6, 6.07) is 16.1. The van der Waals surface area contributed by atoms with E-state index in [9.17, 15) is 9.59 Å². The van der Waals surface area contributed by atoms with Gasteiger partial charge in [0.15, 0.2) is 0 Å². The normalized spacial score (nSPS) is 15.0. The van der Waals surface area contributed by atoms with Crippen LogP contribution in [0, 0.1) is 5.92 Å². The number of hydrogen-bond donors (Lipinski definition) is 0. The summed E-state index contributed by atoms with van der Waals surface area (Å²) in [5.41, 5.74) is 4.69. The molecule has 1 aliphatic carbocycles. The molecule has 0 unspecified atom stereocenters. The summed E-state index contributed by atoms with van der Waals surface area (Å²) in [5, 5.41) is 8.34. The summed E-state index contributed by atoms with van der Waals surface area (Å²) in [7, 11) is 0. The zero-order chi connectivity index (χ0) is 25.1. The number of aryl methyl sites for hydroxylation is 1. The fourth-order valence-corrected chi connectivity index (χ4v) is 6.18. The summed E-state index contributed by atoms with van der Waals surface area (Å²) in [5.74, 6) is 0.341. The van der Waals surface area contributed by atoms with Crippen molar-refractivity contribution in [2.75, 3.05) is 0 Å². The first-order chi connectivity index (χ1) is 17.5. The highest BCUT2D eigenvalue weighted by Crippen LogP contribution is 2.33. The molecule has 5 nitrogen and oxygen atoms in total. The van der Waals surface area contributed by atoms with Crippen LogP contribution in [-0.2, 0) is 16.2 Å². The minimum atomic E-state index is -0.412. The van der Waals surface area contributed by atoms with Crippen molar-refractivity contribution in [1.29, 1.82) is 0 Å². The molecule has 1 saturated carbocycles. The van der Waals surface area contributed by atoms with Gasteiger partial charge in [-0.05, 0) is 67.5 Å². The fraction of sp³-hybridized carbons (Fsp3) is 0.367. The van der Waals surface area contributed by atoms with Gasteiger partial charge < -0.3 is 9.40 Å². The molecule has 0 saturated heterocycles. The highest BCUT2D eigenvalue weighted by Gasteiger charge is 2.18. The average molecular weight is 501 g/mol. The summed E-state index contributed by atoms with van der Waals surface area (Å²) in [6.07, 6.45) is 8.30. The molecule has 2 aromatic carbocycles. The van der Waals surface area contributed by atoms with E-state index in [0.717, 1.165) is 57.3 Å². The zero-order valence-corrected chi connectivity index (χ0v) is 21.8. The lowest BCUT2D eigenvalue weighted by Gasteiger charge is -2.21. The monoisotopic (exact) mass is 500 g/mol. The molecule has 186 valence electrons. The molecule has 0 bridgehead atoms.